The molecule has 2 heterocycles. The van der Waals surface area contributed by atoms with Crippen molar-refractivity contribution in [2.24, 2.45) is 0 Å². The van der Waals surface area contributed by atoms with E-state index in [2.05, 4.69) is 59.0 Å². The molecule has 2 aromatic heterocycles. The van der Waals surface area contributed by atoms with Crippen LogP contribution in [-0.2, 0) is 13.0 Å². The van der Waals surface area contributed by atoms with Gasteiger partial charge in [0.25, 0.3) is 0 Å². The van der Waals surface area contributed by atoms with Crippen molar-refractivity contribution >= 4 is 11.3 Å². The van der Waals surface area contributed by atoms with E-state index in [4.69, 9.17) is 0 Å². The summed E-state index contributed by atoms with van der Waals surface area (Å²) >= 11 is 1.82. The largest absolute Gasteiger partial charge is 0.310 e. The number of nitrogens with one attached hydrogen (secondary N) is 1. The molecule has 3 nitrogen and oxygen atoms in total. The summed E-state index contributed by atoms with van der Waals surface area (Å²) in [6, 6.07) is 13.4. The third-order valence-electron chi connectivity index (χ3n) is 3.48. The first-order valence-corrected chi connectivity index (χ1v) is 8.02. The maximum atomic E-state index is 4.07. The quantitative estimate of drug-likeness (QED) is 0.752. The molecule has 108 valence electrons. The van der Waals surface area contributed by atoms with Crippen LogP contribution in [0.2, 0.25) is 0 Å². The van der Waals surface area contributed by atoms with Crippen molar-refractivity contribution in [3.63, 3.8) is 0 Å². The molecular weight excluding hydrogens is 278 g/mol. The van der Waals surface area contributed by atoms with Crippen molar-refractivity contribution in [2.45, 2.75) is 25.9 Å². The van der Waals surface area contributed by atoms with Gasteiger partial charge in [-0.25, -0.2) is 4.98 Å². The van der Waals surface area contributed by atoms with E-state index in [9.17, 15) is 0 Å². The van der Waals surface area contributed by atoms with Crippen molar-refractivity contribution in [2.75, 3.05) is 0 Å². The van der Waals surface area contributed by atoms with E-state index in [0.29, 0.717) is 6.04 Å². The van der Waals surface area contributed by atoms with Crippen LogP contribution in [0.25, 0.3) is 5.69 Å². The minimum Gasteiger partial charge on any atom is -0.310 e. The van der Waals surface area contributed by atoms with Crippen LogP contribution in [-0.4, -0.2) is 15.6 Å². The number of thiophene rings is 1. The third kappa shape index (κ3) is 3.80. The van der Waals surface area contributed by atoms with Crippen LogP contribution in [0, 0.1) is 0 Å². The normalized spacial score (nSPS) is 12.4. The monoisotopic (exact) mass is 297 g/mol. The highest BCUT2D eigenvalue weighted by atomic mass is 32.1. The fourth-order valence-corrected chi connectivity index (χ4v) is 3.13. The Kier molecular flexibility index (Phi) is 4.48. The second kappa shape index (κ2) is 6.70. The van der Waals surface area contributed by atoms with Gasteiger partial charge >= 0.3 is 0 Å². The van der Waals surface area contributed by atoms with Gasteiger partial charge in [0.2, 0.25) is 0 Å². The van der Waals surface area contributed by atoms with Crippen LogP contribution < -0.4 is 5.32 Å². The summed E-state index contributed by atoms with van der Waals surface area (Å²) in [4.78, 5) is 5.50. The van der Waals surface area contributed by atoms with Gasteiger partial charge in [0.05, 0.1) is 6.33 Å². The number of benzene rings is 1. The minimum atomic E-state index is 0.483. The van der Waals surface area contributed by atoms with E-state index in [1.165, 1.54) is 10.4 Å². The zero-order valence-electron chi connectivity index (χ0n) is 12.1. The standard InChI is InChI=1S/C17H19N3S/c1-14(11-17-3-2-10-21-17)19-12-15-4-6-16(7-5-15)20-9-8-18-13-20/h2-10,13-14,19H,11-12H2,1H3. The van der Waals surface area contributed by atoms with Crippen LogP contribution in [0.1, 0.15) is 17.4 Å². The number of hydrogen-bond donors (Lipinski definition) is 1. The maximum Gasteiger partial charge on any atom is 0.0991 e. The van der Waals surface area contributed by atoms with Crippen LogP contribution in [0.5, 0.6) is 0 Å². The summed E-state index contributed by atoms with van der Waals surface area (Å²) in [5, 5.41) is 5.71. The van der Waals surface area contributed by atoms with Gasteiger partial charge < -0.3 is 9.88 Å². The molecule has 3 rings (SSSR count). The van der Waals surface area contributed by atoms with Gasteiger partial charge in [-0.2, -0.15) is 0 Å². The molecular formula is C17H19N3S. The molecule has 0 aliphatic rings. The van der Waals surface area contributed by atoms with Crippen LogP contribution >= 0.6 is 11.3 Å². The smallest absolute Gasteiger partial charge is 0.0991 e. The van der Waals surface area contributed by atoms with Crippen molar-refractivity contribution in [3.8, 4) is 5.69 Å². The van der Waals surface area contributed by atoms with E-state index >= 15 is 0 Å². The molecule has 4 heteroatoms. The van der Waals surface area contributed by atoms with Crippen molar-refractivity contribution in [1.29, 1.82) is 0 Å². The van der Waals surface area contributed by atoms with Gasteiger partial charge in [0.15, 0.2) is 0 Å². The zero-order chi connectivity index (χ0) is 14.5. The molecule has 1 unspecified atom stereocenters. The lowest BCUT2D eigenvalue weighted by molar-refractivity contribution is 0.548. The SMILES string of the molecule is CC(Cc1cccs1)NCc1ccc(-n2ccnc2)cc1. The van der Waals surface area contributed by atoms with Gasteiger partial charge in [-0.15, -0.1) is 11.3 Å². The number of nitrogens with zero attached hydrogens (tertiary/aromatic N) is 2. The molecule has 0 spiro atoms. The highest BCUT2D eigenvalue weighted by molar-refractivity contribution is 7.09. The Morgan fingerprint density at radius 3 is 2.76 bits per heavy atom. The zero-order valence-corrected chi connectivity index (χ0v) is 12.9. The summed E-state index contributed by atoms with van der Waals surface area (Å²) < 4.78 is 2.01. The molecule has 0 saturated heterocycles. The van der Waals surface area contributed by atoms with Crippen LogP contribution in [0.15, 0.2) is 60.5 Å². The topological polar surface area (TPSA) is 29.9 Å². The highest BCUT2D eigenvalue weighted by Gasteiger charge is 2.04. The summed E-state index contributed by atoms with van der Waals surface area (Å²) in [6.07, 6.45) is 6.65. The highest BCUT2D eigenvalue weighted by Crippen LogP contribution is 2.12. The number of rotatable bonds is 6. The fraction of sp³-hybridized carbons (Fsp3) is 0.235. The Morgan fingerprint density at radius 2 is 2.10 bits per heavy atom. The second-order valence-corrected chi connectivity index (χ2v) is 6.23. The molecule has 1 aromatic carbocycles. The molecule has 1 N–H and O–H groups in total. The average molecular weight is 297 g/mol. The lowest BCUT2D eigenvalue weighted by atomic mass is 10.1. The Bertz CT molecular complexity index is 642. The maximum absolute atomic E-state index is 4.07. The number of hydrogen-bond acceptors (Lipinski definition) is 3. The lowest BCUT2D eigenvalue weighted by Gasteiger charge is -2.13. The van der Waals surface area contributed by atoms with Crippen molar-refractivity contribution in [1.82, 2.24) is 14.9 Å². The van der Waals surface area contributed by atoms with Gasteiger partial charge in [-0.05, 0) is 42.5 Å². The van der Waals surface area contributed by atoms with Gasteiger partial charge in [-0.1, -0.05) is 18.2 Å². The van der Waals surface area contributed by atoms with E-state index in [-0.39, 0.29) is 0 Å². The molecule has 21 heavy (non-hydrogen) atoms. The second-order valence-electron chi connectivity index (χ2n) is 5.20. The molecule has 0 fully saturated rings. The van der Waals surface area contributed by atoms with Crippen LogP contribution in [0.4, 0.5) is 0 Å². The molecule has 1 atom stereocenters. The summed E-state index contributed by atoms with van der Waals surface area (Å²) in [5.74, 6) is 0. The fourth-order valence-electron chi connectivity index (χ4n) is 2.29. The average Bonchev–Trinajstić information content (AvgIpc) is 3.19. The summed E-state index contributed by atoms with van der Waals surface area (Å²) in [5.41, 5.74) is 2.44. The Hall–Kier alpha value is -1.91. The van der Waals surface area contributed by atoms with Crippen molar-refractivity contribution < 1.29 is 0 Å². The molecule has 0 aliphatic heterocycles. The predicted octanol–water partition coefficient (Wildman–Crippen LogP) is 3.65. The van der Waals surface area contributed by atoms with E-state index < -0.39 is 0 Å². The molecule has 0 saturated carbocycles. The van der Waals surface area contributed by atoms with E-state index in [1.54, 1.807) is 6.20 Å². The lowest BCUT2D eigenvalue weighted by Crippen LogP contribution is -2.27. The Labute approximate surface area is 129 Å². The van der Waals surface area contributed by atoms with Gasteiger partial charge in [-0.3, -0.25) is 0 Å². The minimum absolute atomic E-state index is 0.483. The first kappa shape index (κ1) is 14.0. The van der Waals surface area contributed by atoms with E-state index in [1.807, 2.05) is 28.4 Å². The Balaban J connectivity index is 1.53. The summed E-state index contributed by atoms with van der Waals surface area (Å²) in [7, 11) is 0. The Morgan fingerprint density at radius 1 is 1.24 bits per heavy atom. The predicted molar refractivity (Wildman–Crippen MR) is 87.9 cm³/mol. The summed E-state index contributed by atoms with van der Waals surface area (Å²) in [6.45, 7) is 3.14. The van der Waals surface area contributed by atoms with Gasteiger partial charge in [0, 0.05) is 35.5 Å². The first-order chi connectivity index (χ1) is 10.3. The number of imidazole rings is 1. The van der Waals surface area contributed by atoms with E-state index in [0.717, 1.165) is 18.7 Å². The molecule has 3 aromatic rings. The van der Waals surface area contributed by atoms with Crippen molar-refractivity contribution in [3.05, 3.63) is 70.9 Å². The first-order valence-electron chi connectivity index (χ1n) is 7.14. The molecule has 0 radical (unpaired) electrons. The molecule has 0 aliphatic carbocycles. The number of aromatic nitrogens is 2. The van der Waals surface area contributed by atoms with Gasteiger partial charge in [0.1, 0.15) is 0 Å². The third-order valence-corrected chi connectivity index (χ3v) is 4.38. The molecule has 0 bridgehead atoms. The molecule has 0 amide bonds. The van der Waals surface area contributed by atoms with Crippen LogP contribution in [0.3, 0.4) is 0 Å².